The number of ether oxygens (including phenoxy) is 1. The summed E-state index contributed by atoms with van der Waals surface area (Å²) in [6.45, 7) is -0.0778. The van der Waals surface area contributed by atoms with Gasteiger partial charge in [0, 0.05) is 10.7 Å². The predicted molar refractivity (Wildman–Crippen MR) is 80.2 cm³/mol. The first kappa shape index (κ1) is 14.0. The zero-order valence-electron chi connectivity index (χ0n) is 9.77. The van der Waals surface area contributed by atoms with E-state index in [2.05, 4.69) is 42.2 Å². The van der Waals surface area contributed by atoms with Gasteiger partial charge in [-0.15, -0.1) is 0 Å². The summed E-state index contributed by atoms with van der Waals surface area (Å²) in [7, 11) is 0. The van der Waals surface area contributed by atoms with Gasteiger partial charge in [-0.05, 0) is 56.1 Å². The highest BCUT2D eigenvalue weighted by Crippen LogP contribution is 2.22. The molecule has 2 aromatic rings. The van der Waals surface area contributed by atoms with Crippen LogP contribution < -0.4 is 10.1 Å². The highest BCUT2D eigenvalue weighted by Gasteiger charge is 2.07. The van der Waals surface area contributed by atoms with Crippen molar-refractivity contribution in [1.29, 1.82) is 0 Å². The minimum atomic E-state index is -0.234. The maximum Gasteiger partial charge on any atom is 0.262 e. The Bertz CT molecular complexity index is 590. The standard InChI is InChI=1S/C13H10Br2N2O2/c14-9-4-1-2-5-10(9)17-12(18)8-19-11-6-3-7-16-13(11)15/h1-7H,8H2,(H,17,18). The third-order valence-corrected chi connectivity index (χ3v) is 3.52. The van der Waals surface area contributed by atoms with E-state index >= 15 is 0 Å². The van der Waals surface area contributed by atoms with Gasteiger partial charge >= 0.3 is 0 Å². The largest absolute Gasteiger partial charge is 0.481 e. The highest BCUT2D eigenvalue weighted by atomic mass is 79.9. The number of anilines is 1. The molecule has 1 amide bonds. The molecule has 98 valence electrons. The average Bonchev–Trinajstić information content (AvgIpc) is 2.40. The predicted octanol–water partition coefficient (Wildman–Crippen LogP) is 3.62. The zero-order valence-corrected chi connectivity index (χ0v) is 12.9. The van der Waals surface area contributed by atoms with E-state index in [1.807, 2.05) is 24.3 Å². The fourth-order valence-electron chi connectivity index (χ4n) is 1.37. The van der Waals surface area contributed by atoms with Crippen molar-refractivity contribution in [3.63, 3.8) is 0 Å². The lowest BCUT2D eigenvalue weighted by Crippen LogP contribution is -2.20. The molecule has 0 aliphatic heterocycles. The molecule has 0 atom stereocenters. The van der Waals surface area contributed by atoms with Gasteiger partial charge < -0.3 is 10.1 Å². The lowest BCUT2D eigenvalue weighted by molar-refractivity contribution is -0.118. The number of hydrogen-bond donors (Lipinski definition) is 1. The average molecular weight is 386 g/mol. The van der Waals surface area contributed by atoms with E-state index in [-0.39, 0.29) is 12.5 Å². The molecular formula is C13H10Br2N2O2. The summed E-state index contributed by atoms with van der Waals surface area (Å²) in [6.07, 6.45) is 1.64. The number of carbonyl (C=O) groups excluding carboxylic acids is 1. The quantitative estimate of drug-likeness (QED) is 0.817. The molecule has 0 fully saturated rings. The van der Waals surface area contributed by atoms with Crippen LogP contribution in [0.1, 0.15) is 0 Å². The lowest BCUT2D eigenvalue weighted by Gasteiger charge is -2.09. The minimum Gasteiger partial charge on any atom is -0.481 e. The van der Waals surface area contributed by atoms with Gasteiger partial charge in [0.15, 0.2) is 12.4 Å². The van der Waals surface area contributed by atoms with Crippen LogP contribution in [0.25, 0.3) is 0 Å². The monoisotopic (exact) mass is 384 g/mol. The Morgan fingerprint density at radius 2 is 2.00 bits per heavy atom. The van der Waals surface area contributed by atoms with E-state index in [1.165, 1.54) is 0 Å². The molecule has 0 spiro atoms. The van der Waals surface area contributed by atoms with E-state index < -0.39 is 0 Å². The summed E-state index contributed by atoms with van der Waals surface area (Å²) in [4.78, 5) is 15.8. The van der Waals surface area contributed by atoms with Crippen LogP contribution in [-0.4, -0.2) is 17.5 Å². The Hall–Kier alpha value is -1.40. The van der Waals surface area contributed by atoms with Gasteiger partial charge in [-0.2, -0.15) is 0 Å². The second kappa shape index (κ2) is 6.68. The van der Waals surface area contributed by atoms with Crippen LogP contribution in [0.15, 0.2) is 51.7 Å². The summed E-state index contributed by atoms with van der Waals surface area (Å²) in [6, 6.07) is 10.9. The van der Waals surface area contributed by atoms with Gasteiger partial charge in [-0.3, -0.25) is 4.79 Å². The van der Waals surface area contributed by atoms with Crippen LogP contribution >= 0.6 is 31.9 Å². The van der Waals surface area contributed by atoms with Crippen molar-refractivity contribution in [2.24, 2.45) is 0 Å². The Balaban J connectivity index is 1.92. The number of hydrogen-bond acceptors (Lipinski definition) is 3. The Kier molecular flexibility index (Phi) is 4.93. The maximum atomic E-state index is 11.8. The van der Waals surface area contributed by atoms with Gasteiger partial charge in [0.2, 0.25) is 0 Å². The first-order chi connectivity index (χ1) is 9.16. The first-order valence-electron chi connectivity index (χ1n) is 5.44. The molecular weight excluding hydrogens is 376 g/mol. The number of benzene rings is 1. The molecule has 1 heterocycles. The van der Waals surface area contributed by atoms with Crippen LogP contribution in [0.5, 0.6) is 5.75 Å². The van der Waals surface area contributed by atoms with Crippen molar-refractivity contribution in [1.82, 2.24) is 4.98 Å². The molecule has 6 heteroatoms. The van der Waals surface area contributed by atoms with E-state index in [0.717, 1.165) is 4.47 Å². The number of pyridine rings is 1. The second-order valence-electron chi connectivity index (χ2n) is 3.61. The summed E-state index contributed by atoms with van der Waals surface area (Å²) in [5.74, 6) is 0.299. The SMILES string of the molecule is O=C(COc1cccnc1Br)Nc1ccccc1Br. The Morgan fingerprint density at radius 3 is 2.74 bits per heavy atom. The summed E-state index contributed by atoms with van der Waals surface area (Å²) in [5.41, 5.74) is 0.710. The van der Waals surface area contributed by atoms with Crippen LogP contribution in [0, 0.1) is 0 Å². The van der Waals surface area contributed by atoms with E-state index in [9.17, 15) is 4.79 Å². The normalized spacial score (nSPS) is 10.0. The van der Waals surface area contributed by atoms with Crippen molar-refractivity contribution in [2.45, 2.75) is 0 Å². The summed E-state index contributed by atoms with van der Waals surface area (Å²) in [5, 5.41) is 2.75. The molecule has 0 unspecified atom stereocenters. The van der Waals surface area contributed by atoms with Gasteiger partial charge in [0.25, 0.3) is 5.91 Å². The second-order valence-corrected chi connectivity index (χ2v) is 5.21. The van der Waals surface area contributed by atoms with Crippen molar-refractivity contribution >= 4 is 43.5 Å². The van der Waals surface area contributed by atoms with Gasteiger partial charge in [0.05, 0.1) is 5.69 Å². The van der Waals surface area contributed by atoms with Crippen molar-refractivity contribution in [2.75, 3.05) is 11.9 Å². The maximum absolute atomic E-state index is 11.8. The summed E-state index contributed by atoms with van der Waals surface area (Å²) < 4.78 is 6.77. The topological polar surface area (TPSA) is 51.2 Å². The Labute approximate surface area is 127 Å². The molecule has 0 radical (unpaired) electrons. The van der Waals surface area contributed by atoms with Crippen LogP contribution in [0.2, 0.25) is 0 Å². The number of amides is 1. The zero-order chi connectivity index (χ0) is 13.7. The van der Waals surface area contributed by atoms with Gasteiger partial charge in [0.1, 0.15) is 4.60 Å². The van der Waals surface area contributed by atoms with Crippen LogP contribution in [-0.2, 0) is 4.79 Å². The molecule has 1 aromatic heterocycles. The van der Waals surface area contributed by atoms with E-state index in [0.29, 0.717) is 16.0 Å². The molecule has 4 nitrogen and oxygen atoms in total. The van der Waals surface area contributed by atoms with Crippen LogP contribution in [0.4, 0.5) is 5.69 Å². The molecule has 1 N–H and O–H groups in total. The third-order valence-electron chi connectivity index (χ3n) is 2.23. The van der Waals surface area contributed by atoms with Gasteiger partial charge in [-0.25, -0.2) is 4.98 Å². The fourth-order valence-corrected chi connectivity index (χ4v) is 2.12. The molecule has 19 heavy (non-hydrogen) atoms. The van der Waals surface area contributed by atoms with Crippen molar-refractivity contribution in [3.05, 3.63) is 51.7 Å². The minimum absolute atomic E-state index is 0.0778. The number of carbonyl (C=O) groups is 1. The molecule has 0 saturated heterocycles. The van der Waals surface area contributed by atoms with E-state index in [4.69, 9.17) is 4.74 Å². The molecule has 0 bridgehead atoms. The number of rotatable bonds is 4. The lowest BCUT2D eigenvalue weighted by atomic mass is 10.3. The molecule has 2 rings (SSSR count). The van der Waals surface area contributed by atoms with Crippen LogP contribution in [0.3, 0.4) is 0 Å². The smallest absolute Gasteiger partial charge is 0.262 e. The molecule has 0 aliphatic carbocycles. The first-order valence-corrected chi connectivity index (χ1v) is 7.03. The number of aromatic nitrogens is 1. The number of nitrogens with one attached hydrogen (secondary N) is 1. The van der Waals surface area contributed by atoms with Gasteiger partial charge in [-0.1, -0.05) is 12.1 Å². The molecule has 0 saturated carbocycles. The van der Waals surface area contributed by atoms with Crippen molar-refractivity contribution in [3.8, 4) is 5.75 Å². The van der Waals surface area contributed by atoms with Crippen molar-refractivity contribution < 1.29 is 9.53 Å². The third kappa shape index (κ3) is 4.04. The van der Waals surface area contributed by atoms with E-state index in [1.54, 1.807) is 18.3 Å². The highest BCUT2D eigenvalue weighted by molar-refractivity contribution is 9.10. The number of para-hydroxylation sites is 1. The Morgan fingerprint density at radius 1 is 1.21 bits per heavy atom. The molecule has 0 aliphatic rings. The fraction of sp³-hybridized carbons (Fsp3) is 0.0769. The number of halogens is 2. The molecule has 1 aromatic carbocycles. The summed E-state index contributed by atoms with van der Waals surface area (Å²) >= 11 is 6.61. The number of nitrogens with zero attached hydrogens (tertiary/aromatic N) is 1.